The first-order valence-corrected chi connectivity index (χ1v) is 9.99. The fourth-order valence-corrected chi connectivity index (χ4v) is 4.62. The van der Waals surface area contributed by atoms with Crippen LogP contribution in [-0.4, -0.2) is 37.1 Å². The Kier molecular flexibility index (Phi) is 4.04. The van der Waals surface area contributed by atoms with Gasteiger partial charge >= 0.3 is 5.82 Å². The van der Waals surface area contributed by atoms with Gasteiger partial charge in [-0.3, -0.25) is 14.5 Å². The Balaban J connectivity index is 1.52. The van der Waals surface area contributed by atoms with Gasteiger partial charge in [-0.05, 0) is 55.7 Å². The predicted molar refractivity (Wildman–Crippen MR) is 113 cm³/mol. The summed E-state index contributed by atoms with van der Waals surface area (Å²) >= 11 is 0. The van der Waals surface area contributed by atoms with Crippen molar-refractivity contribution < 1.29 is 9.47 Å². The summed E-state index contributed by atoms with van der Waals surface area (Å²) < 4.78 is 2.08. The minimum absolute atomic E-state index is 0.121. The van der Waals surface area contributed by atoms with Gasteiger partial charge in [-0.25, -0.2) is 5.01 Å². The van der Waals surface area contributed by atoms with Crippen LogP contribution in [0, 0.1) is 6.92 Å². The normalized spacial score (nSPS) is 17.9. The number of hydrogen-bond donors (Lipinski definition) is 2. The van der Waals surface area contributed by atoms with Gasteiger partial charge in [0.2, 0.25) is 5.56 Å². The number of benzene rings is 1. The number of likely N-dealkylation sites (N-methyl/N-ethyl adjacent to an activating group) is 1. The molecule has 1 unspecified atom stereocenters. The number of pyridine rings is 2. The van der Waals surface area contributed by atoms with Crippen LogP contribution >= 0.6 is 0 Å². The SMILES string of the molecule is Cc1cc(=O)[nH]c2ccc(NC(=O)c3ccc[n+]4c3N3CCCC3CN4C)cc12. The van der Waals surface area contributed by atoms with Crippen molar-refractivity contribution in [1.82, 2.24) is 4.98 Å². The molecule has 0 saturated carbocycles. The van der Waals surface area contributed by atoms with Crippen LogP contribution in [-0.2, 0) is 0 Å². The first-order valence-electron chi connectivity index (χ1n) is 9.99. The first kappa shape index (κ1) is 17.7. The van der Waals surface area contributed by atoms with Crippen LogP contribution in [0.5, 0.6) is 0 Å². The molecule has 0 radical (unpaired) electrons. The molecule has 2 aliphatic rings. The van der Waals surface area contributed by atoms with Crippen LogP contribution in [0.15, 0.2) is 47.4 Å². The third-order valence-corrected chi connectivity index (χ3v) is 5.99. The van der Waals surface area contributed by atoms with Crippen LogP contribution in [0.3, 0.4) is 0 Å². The number of aromatic amines is 1. The van der Waals surface area contributed by atoms with Crippen LogP contribution in [0.25, 0.3) is 10.9 Å². The number of aromatic nitrogens is 2. The number of anilines is 2. The van der Waals surface area contributed by atoms with E-state index in [4.69, 9.17) is 0 Å². The van der Waals surface area contributed by atoms with E-state index in [1.807, 2.05) is 43.5 Å². The molecule has 2 aromatic heterocycles. The molecule has 1 aromatic carbocycles. The number of nitrogens with one attached hydrogen (secondary N) is 2. The van der Waals surface area contributed by atoms with Crippen molar-refractivity contribution in [3.63, 3.8) is 0 Å². The van der Waals surface area contributed by atoms with Crippen molar-refractivity contribution in [3.8, 4) is 0 Å². The fraction of sp³-hybridized carbons (Fsp3) is 0.318. The lowest BCUT2D eigenvalue weighted by molar-refractivity contribution is -0.682. The van der Waals surface area contributed by atoms with Crippen LogP contribution in [0.4, 0.5) is 11.5 Å². The molecule has 7 heteroatoms. The van der Waals surface area contributed by atoms with Gasteiger partial charge in [0.15, 0.2) is 0 Å². The minimum Gasteiger partial charge on any atom is -0.322 e. The Labute approximate surface area is 168 Å². The van der Waals surface area contributed by atoms with E-state index < -0.39 is 0 Å². The van der Waals surface area contributed by atoms with E-state index in [0.29, 0.717) is 17.3 Å². The van der Waals surface area contributed by atoms with Crippen molar-refractivity contribution in [2.45, 2.75) is 25.8 Å². The van der Waals surface area contributed by atoms with Crippen LogP contribution in [0.1, 0.15) is 28.8 Å². The number of H-pyrrole nitrogens is 1. The van der Waals surface area contributed by atoms with Gasteiger partial charge in [0.25, 0.3) is 5.91 Å². The Morgan fingerprint density at radius 2 is 2.14 bits per heavy atom. The molecule has 0 spiro atoms. The van der Waals surface area contributed by atoms with Gasteiger partial charge in [0, 0.05) is 29.7 Å². The van der Waals surface area contributed by atoms with E-state index in [-0.39, 0.29) is 11.5 Å². The summed E-state index contributed by atoms with van der Waals surface area (Å²) in [5.41, 5.74) is 2.91. The summed E-state index contributed by atoms with van der Waals surface area (Å²) in [5.74, 6) is 0.833. The lowest BCUT2D eigenvalue weighted by Gasteiger charge is -2.33. The highest BCUT2D eigenvalue weighted by Crippen LogP contribution is 2.29. The van der Waals surface area contributed by atoms with Gasteiger partial charge in [0.05, 0.1) is 13.1 Å². The van der Waals surface area contributed by atoms with E-state index in [9.17, 15) is 9.59 Å². The lowest BCUT2D eigenvalue weighted by atomic mass is 10.1. The summed E-state index contributed by atoms with van der Waals surface area (Å²) in [6.07, 6.45) is 4.31. The standard InChI is InChI=1S/C22H23N5O2/c1-14-11-20(28)24-19-8-7-15(12-18(14)19)23-21(29)17-6-4-10-27-22(17)26-9-3-5-16(26)13-25(27)2/h4,6-8,10-12,16H,3,5,9,13H2,1-2H3,(H-,23,24,28,29)/p+1. The molecular formula is C22H24N5O2+. The maximum absolute atomic E-state index is 13.2. The number of aryl methyl sites for hydroxylation is 1. The summed E-state index contributed by atoms with van der Waals surface area (Å²) in [4.78, 5) is 30.1. The molecule has 2 N–H and O–H groups in total. The summed E-state index contributed by atoms with van der Waals surface area (Å²) in [6.45, 7) is 3.84. The maximum atomic E-state index is 13.2. The highest BCUT2D eigenvalue weighted by Gasteiger charge is 2.42. The number of fused-ring (bicyclic) bond motifs is 4. The topological polar surface area (TPSA) is 72.3 Å². The first-order chi connectivity index (χ1) is 14.0. The molecule has 1 fully saturated rings. The molecule has 4 heterocycles. The molecule has 1 atom stereocenters. The molecular weight excluding hydrogens is 366 g/mol. The predicted octanol–water partition coefficient (Wildman–Crippen LogP) is 1.93. The molecule has 3 aromatic rings. The zero-order chi connectivity index (χ0) is 20.1. The molecule has 2 aliphatic heterocycles. The largest absolute Gasteiger partial charge is 0.322 e. The van der Waals surface area contributed by atoms with Crippen LogP contribution in [0.2, 0.25) is 0 Å². The van der Waals surface area contributed by atoms with Gasteiger partial charge in [-0.1, -0.05) is 0 Å². The Morgan fingerprint density at radius 3 is 3.00 bits per heavy atom. The average Bonchev–Trinajstić information content (AvgIpc) is 3.16. The second-order valence-corrected chi connectivity index (χ2v) is 7.95. The second-order valence-electron chi connectivity index (χ2n) is 7.95. The number of carbonyl (C=O) groups excluding carboxylic acids is 1. The van der Waals surface area contributed by atoms with Crippen molar-refractivity contribution in [3.05, 3.63) is 64.1 Å². The number of nitrogens with zero attached hydrogens (tertiary/aromatic N) is 3. The Hall–Kier alpha value is -3.35. The summed E-state index contributed by atoms with van der Waals surface area (Å²) in [6, 6.07) is 11.4. The zero-order valence-electron chi connectivity index (χ0n) is 16.6. The van der Waals surface area contributed by atoms with E-state index >= 15 is 0 Å². The third kappa shape index (κ3) is 2.93. The summed E-state index contributed by atoms with van der Waals surface area (Å²) in [7, 11) is 2.06. The highest BCUT2D eigenvalue weighted by molar-refractivity contribution is 6.08. The van der Waals surface area contributed by atoms with Crippen molar-refractivity contribution >= 4 is 28.3 Å². The van der Waals surface area contributed by atoms with Gasteiger partial charge in [-0.15, -0.1) is 4.68 Å². The molecule has 0 bridgehead atoms. The van der Waals surface area contributed by atoms with Gasteiger partial charge in [-0.2, -0.15) is 0 Å². The maximum Gasteiger partial charge on any atom is 0.313 e. The van der Waals surface area contributed by atoms with Crippen molar-refractivity contribution in [1.29, 1.82) is 0 Å². The Bertz CT molecular complexity index is 1190. The van der Waals surface area contributed by atoms with Crippen molar-refractivity contribution in [2.75, 3.05) is 35.4 Å². The molecule has 29 heavy (non-hydrogen) atoms. The van der Waals surface area contributed by atoms with E-state index in [1.54, 1.807) is 6.07 Å². The quantitative estimate of drug-likeness (QED) is 0.656. The molecule has 1 amide bonds. The zero-order valence-corrected chi connectivity index (χ0v) is 16.6. The molecule has 148 valence electrons. The molecule has 5 rings (SSSR count). The summed E-state index contributed by atoms with van der Waals surface area (Å²) in [5, 5.41) is 6.14. The second kappa shape index (κ2) is 6.62. The fourth-order valence-electron chi connectivity index (χ4n) is 4.62. The van der Waals surface area contributed by atoms with Crippen LogP contribution < -0.4 is 25.5 Å². The number of carbonyl (C=O) groups is 1. The van der Waals surface area contributed by atoms with E-state index in [2.05, 4.69) is 31.9 Å². The number of hydrogen-bond acceptors (Lipinski definition) is 4. The number of rotatable bonds is 2. The van der Waals surface area contributed by atoms with E-state index in [1.165, 1.54) is 0 Å². The van der Waals surface area contributed by atoms with Gasteiger partial charge < -0.3 is 10.3 Å². The minimum atomic E-state index is -0.128. The van der Waals surface area contributed by atoms with E-state index in [0.717, 1.165) is 48.2 Å². The molecule has 7 nitrogen and oxygen atoms in total. The van der Waals surface area contributed by atoms with Crippen molar-refractivity contribution in [2.24, 2.45) is 0 Å². The monoisotopic (exact) mass is 390 g/mol. The Morgan fingerprint density at radius 1 is 1.28 bits per heavy atom. The van der Waals surface area contributed by atoms with Gasteiger partial charge in [0.1, 0.15) is 17.8 Å². The molecule has 1 saturated heterocycles. The number of amides is 1. The third-order valence-electron chi connectivity index (χ3n) is 5.99. The smallest absolute Gasteiger partial charge is 0.313 e. The lowest BCUT2D eigenvalue weighted by Crippen LogP contribution is -2.67. The average molecular weight is 390 g/mol. The molecule has 0 aliphatic carbocycles. The highest BCUT2D eigenvalue weighted by atomic mass is 16.1.